The number of carbonyl (C=O) groups is 1. The number of benzene rings is 1. The highest BCUT2D eigenvalue weighted by atomic mass is 16.1. The van der Waals surface area contributed by atoms with Gasteiger partial charge in [-0.25, -0.2) is 9.97 Å². The average Bonchev–Trinajstić information content (AvgIpc) is 2.40. The van der Waals surface area contributed by atoms with Crippen molar-refractivity contribution >= 4 is 11.6 Å². The standard InChI is InChI=1S/C12H12N4O/c13-5-9-2-1-3-10(4-9)12(17)16-11-6-14-8-15-7-11/h1-4,6-8H,5,13H2,(H,16,17). The molecule has 0 bridgehead atoms. The van der Waals surface area contributed by atoms with Crippen LogP contribution in [0.15, 0.2) is 43.0 Å². The van der Waals surface area contributed by atoms with E-state index in [4.69, 9.17) is 5.73 Å². The van der Waals surface area contributed by atoms with E-state index in [0.717, 1.165) is 5.56 Å². The maximum atomic E-state index is 11.9. The molecule has 5 heteroatoms. The second-order valence-electron chi connectivity index (χ2n) is 3.49. The fourth-order valence-corrected chi connectivity index (χ4v) is 1.41. The van der Waals surface area contributed by atoms with Gasteiger partial charge in [-0.05, 0) is 17.7 Å². The Balaban J connectivity index is 2.14. The minimum Gasteiger partial charge on any atom is -0.326 e. The van der Waals surface area contributed by atoms with Gasteiger partial charge in [0.2, 0.25) is 0 Å². The topological polar surface area (TPSA) is 80.9 Å². The Kier molecular flexibility index (Phi) is 3.42. The summed E-state index contributed by atoms with van der Waals surface area (Å²) >= 11 is 0. The smallest absolute Gasteiger partial charge is 0.255 e. The highest BCUT2D eigenvalue weighted by molar-refractivity contribution is 6.04. The van der Waals surface area contributed by atoms with Crippen molar-refractivity contribution < 1.29 is 4.79 Å². The molecule has 0 unspecified atom stereocenters. The largest absolute Gasteiger partial charge is 0.326 e. The molecule has 1 aromatic heterocycles. The second-order valence-corrected chi connectivity index (χ2v) is 3.49. The first-order valence-corrected chi connectivity index (χ1v) is 5.15. The summed E-state index contributed by atoms with van der Waals surface area (Å²) in [7, 11) is 0. The van der Waals surface area contributed by atoms with Crippen LogP contribution in [-0.2, 0) is 6.54 Å². The Morgan fingerprint density at radius 3 is 2.76 bits per heavy atom. The highest BCUT2D eigenvalue weighted by Gasteiger charge is 2.06. The van der Waals surface area contributed by atoms with Crippen LogP contribution in [0.4, 0.5) is 5.69 Å². The Hall–Kier alpha value is -2.27. The molecule has 1 heterocycles. The number of nitrogens with zero attached hydrogens (tertiary/aromatic N) is 2. The number of carbonyl (C=O) groups excluding carboxylic acids is 1. The third kappa shape index (κ3) is 2.85. The van der Waals surface area contributed by atoms with E-state index < -0.39 is 0 Å². The fourth-order valence-electron chi connectivity index (χ4n) is 1.41. The van der Waals surface area contributed by atoms with E-state index in [1.165, 1.54) is 18.7 Å². The molecule has 86 valence electrons. The lowest BCUT2D eigenvalue weighted by atomic mass is 10.1. The predicted molar refractivity (Wildman–Crippen MR) is 64.3 cm³/mol. The molecule has 2 rings (SSSR count). The van der Waals surface area contributed by atoms with Gasteiger partial charge in [0, 0.05) is 12.1 Å². The second kappa shape index (κ2) is 5.18. The van der Waals surface area contributed by atoms with Gasteiger partial charge in [-0.1, -0.05) is 12.1 Å². The predicted octanol–water partition coefficient (Wildman–Crippen LogP) is 1.19. The first-order chi connectivity index (χ1) is 8.29. The molecule has 1 aromatic carbocycles. The molecule has 1 amide bonds. The highest BCUT2D eigenvalue weighted by Crippen LogP contribution is 2.08. The van der Waals surface area contributed by atoms with Gasteiger partial charge in [-0.15, -0.1) is 0 Å². The van der Waals surface area contributed by atoms with Crippen LogP contribution in [0.5, 0.6) is 0 Å². The van der Waals surface area contributed by atoms with E-state index in [0.29, 0.717) is 17.8 Å². The van der Waals surface area contributed by atoms with Gasteiger partial charge in [0.05, 0.1) is 18.1 Å². The van der Waals surface area contributed by atoms with Crippen LogP contribution in [0, 0.1) is 0 Å². The van der Waals surface area contributed by atoms with Crippen LogP contribution < -0.4 is 11.1 Å². The Labute approximate surface area is 98.7 Å². The first kappa shape index (κ1) is 11.2. The number of nitrogens with two attached hydrogens (primary N) is 1. The summed E-state index contributed by atoms with van der Waals surface area (Å²) in [5.74, 6) is -0.199. The van der Waals surface area contributed by atoms with Crippen molar-refractivity contribution in [3.05, 3.63) is 54.1 Å². The number of hydrogen-bond donors (Lipinski definition) is 2. The van der Waals surface area contributed by atoms with Crippen molar-refractivity contribution in [3.63, 3.8) is 0 Å². The van der Waals surface area contributed by atoms with Gasteiger partial charge in [0.15, 0.2) is 0 Å². The molecule has 0 aliphatic carbocycles. The van der Waals surface area contributed by atoms with Gasteiger partial charge in [-0.3, -0.25) is 4.79 Å². The molecule has 2 aromatic rings. The monoisotopic (exact) mass is 228 g/mol. The molecule has 0 spiro atoms. The SMILES string of the molecule is NCc1cccc(C(=O)Nc2cncnc2)c1. The molecule has 0 saturated heterocycles. The van der Waals surface area contributed by atoms with E-state index >= 15 is 0 Å². The summed E-state index contributed by atoms with van der Waals surface area (Å²) in [4.78, 5) is 19.5. The van der Waals surface area contributed by atoms with Crippen LogP contribution in [0.25, 0.3) is 0 Å². The summed E-state index contributed by atoms with van der Waals surface area (Å²) in [5, 5.41) is 2.70. The number of aromatic nitrogens is 2. The van der Waals surface area contributed by atoms with Crippen LogP contribution in [0.3, 0.4) is 0 Å². The zero-order valence-corrected chi connectivity index (χ0v) is 9.13. The van der Waals surface area contributed by atoms with E-state index in [1.807, 2.05) is 6.07 Å². The van der Waals surface area contributed by atoms with Crippen molar-refractivity contribution in [1.29, 1.82) is 0 Å². The number of hydrogen-bond acceptors (Lipinski definition) is 4. The normalized spacial score (nSPS) is 9.94. The summed E-state index contributed by atoms with van der Waals surface area (Å²) in [6.07, 6.45) is 4.49. The summed E-state index contributed by atoms with van der Waals surface area (Å²) < 4.78 is 0. The van der Waals surface area contributed by atoms with Gasteiger partial charge < -0.3 is 11.1 Å². The first-order valence-electron chi connectivity index (χ1n) is 5.15. The van der Waals surface area contributed by atoms with Crippen molar-refractivity contribution in [2.45, 2.75) is 6.54 Å². The van der Waals surface area contributed by atoms with Gasteiger partial charge in [0.1, 0.15) is 6.33 Å². The molecular formula is C12H12N4O. The summed E-state index contributed by atoms with van der Waals surface area (Å²) in [6.45, 7) is 0.412. The zero-order chi connectivity index (χ0) is 12.1. The van der Waals surface area contributed by atoms with Crippen LogP contribution in [-0.4, -0.2) is 15.9 Å². The molecule has 0 saturated carbocycles. The fraction of sp³-hybridized carbons (Fsp3) is 0.0833. The van der Waals surface area contributed by atoms with Crippen LogP contribution in [0.2, 0.25) is 0 Å². The molecule has 0 aliphatic heterocycles. The molecule has 0 radical (unpaired) electrons. The summed E-state index contributed by atoms with van der Waals surface area (Å²) in [5.41, 5.74) is 7.57. The molecule has 17 heavy (non-hydrogen) atoms. The van der Waals surface area contributed by atoms with Gasteiger partial charge in [0.25, 0.3) is 5.91 Å². The van der Waals surface area contributed by atoms with E-state index in [9.17, 15) is 4.79 Å². The molecule has 5 nitrogen and oxygen atoms in total. The minimum atomic E-state index is -0.199. The van der Waals surface area contributed by atoms with Crippen molar-refractivity contribution in [1.82, 2.24) is 9.97 Å². The Morgan fingerprint density at radius 1 is 1.29 bits per heavy atom. The average molecular weight is 228 g/mol. The maximum absolute atomic E-state index is 11.9. The zero-order valence-electron chi connectivity index (χ0n) is 9.13. The number of nitrogens with one attached hydrogen (secondary N) is 1. The summed E-state index contributed by atoms with van der Waals surface area (Å²) in [6, 6.07) is 7.18. The number of rotatable bonds is 3. The molecule has 0 atom stereocenters. The Morgan fingerprint density at radius 2 is 2.06 bits per heavy atom. The Bertz CT molecular complexity index is 513. The molecule has 0 aliphatic rings. The lowest BCUT2D eigenvalue weighted by molar-refractivity contribution is 0.102. The van der Waals surface area contributed by atoms with Crippen LogP contribution in [0.1, 0.15) is 15.9 Å². The quantitative estimate of drug-likeness (QED) is 0.826. The third-order valence-corrected chi connectivity index (χ3v) is 2.24. The number of anilines is 1. The number of amides is 1. The van der Waals surface area contributed by atoms with Crippen LogP contribution >= 0.6 is 0 Å². The lowest BCUT2D eigenvalue weighted by Crippen LogP contribution is -2.12. The van der Waals surface area contributed by atoms with Crippen molar-refractivity contribution in [2.24, 2.45) is 5.73 Å². The minimum absolute atomic E-state index is 0.199. The van der Waals surface area contributed by atoms with Crippen molar-refractivity contribution in [2.75, 3.05) is 5.32 Å². The lowest BCUT2D eigenvalue weighted by Gasteiger charge is -2.05. The van der Waals surface area contributed by atoms with Gasteiger partial charge in [-0.2, -0.15) is 0 Å². The van der Waals surface area contributed by atoms with E-state index in [1.54, 1.807) is 18.2 Å². The van der Waals surface area contributed by atoms with E-state index in [2.05, 4.69) is 15.3 Å². The molecule has 3 N–H and O–H groups in total. The maximum Gasteiger partial charge on any atom is 0.255 e. The molecular weight excluding hydrogens is 216 g/mol. The third-order valence-electron chi connectivity index (χ3n) is 2.24. The van der Waals surface area contributed by atoms with Crippen molar-refractivity contribution in [3.8, 4) is 0 Å². The molecule has 0 fully saturated rings. The van der Waals surface area contributed by atoms with E-state index in [-0.39, 0.29) is 5.91 Å². The van der Waals surface area contributed by atoms with Gasteiger partial charge >= 0.3 is 0 Å².